The van der Waals surface area contributed by atoms with Crippen LogP contribution < -0.4 is 4.18 Å². The van der Waals surface area contributed by atoms with E-state index in [0.29, 0.717) is 0 Å². The van der Waals surface area contributed by atoms with Crippen LogP contribution in [-0.4, -0.2) is 18.3 Å². The smallest absolute Gasteiger partial charge is 0.339 e. The molecule has 0 aliphatic heterocycles. The van der Waals surface area contributed by atoms with E-state index in [1.807, 2.05) is 0 Å². The summed E-state index contributed by atoms with van der Waals surface area (Å²) in [6, 6.07) is 7.53. The van der Waals surface area contributed by atoms with Crippen LogP contribution in [0.1, 0.15) is 11.1 Å². The van der Waals surface area contributed by atoms with Crippen molar-refractivity contribution in [2.75, 3.05) is 0 Å². The van der Waals surface area contributed by atoms with Crippen molar-refractivity contribution in [2.24, 2.45) is 0 Å². The van der Waals surface area contributed by atoms with Crippen molar-refractivity contribution in [1.82, 2.24) is 0 Å². The van der Waals surface area contributed by atoms with Crippen LogP contribution in [0.15, 0.2) is 41.3 Å². The molecule has 0 aliphatic rings. The molecule has 0 atom stereocenters. The lowest BCUT2D eigenvalue weighted by atomic mass is 10.1. The Morgan fingerprint density at radius 2 is 1.38 bits per heavy atom. The van der Waals surface area contributed by atoms with E-state index in [-0.39, 0.29) is 11.3 Å². The van der Waals surface area contributed by atoms with Gasteiger partial charge in [0, 0.05) is 12.1 Å². The highest BCUT2D eigenvalue weighted by atomic mass is 32.2. The second kappa shape index (κ2) is 6.24. The van der Waals surface area contributed by atoms with Crippen LogP contribution >= 0.6 is 0 Å². The Bertz CT molecular complexity index is 886. The Hall–Kier alpha value is -3.01. The Morgan fingerprint density at radius 3 is 1.79 bits per heavy atom. The van der Waals surface area contributed by atoms with Crippen LogP contribution in [0, 0.1) is 34.1 Å². The lowest BCUT2D eigenvalue weighted by molar-refractivity contribution is -0.395. The van der Waals surface area contributed by atoms with Gasteiger partial charge in [-0.05, 0) is 26.0 Å². The van der Waals surface area contributed by atoms with Crippen LogP contribution in [-0.2, 0) is 10.1 Å². The van der Waals surface area contributed by atoms with Crippen LogP contribution in [0.5, 0.6) is 5.75 Å². The van der Waals surface area contributed by atoms with Gasteiger partial charge in [-0.25, -0.2) is 0 Å². The summed E-state index contributed by atoms with van der Waals surface area (Å²) in [7, 11) is -4.46. The van der Waals surface area contributed by atoms with E-state index in [1.54, 1.807) is 19.1 Å². The summed E-state index contributed by atoms with van der Waals surface area (Å²) in [6.07, 6.45) is 0. The fourth-order valence-electron chi connectivity index (χ4n) is 1.95. The largest absolute Gasteiger partial charge is 0.379 e. The molecular formula is C14H12N2O7S. The fourth-order valence-corrected chi connectivity index (χ4v) is 2.92. The first-order valence-electron chi connectivity index (χ1n) is 6.56. The third kappa shape index (κ3) is 3.49. The number of nitro benzene ring substituents is 2. The molecule has 0 fully saturated rings. The highest BCUT2D eigenvalue weighted by Gasteiger charge is 2.29. The van der Waals surface area contributed by atoms with E-state index in [2.05, 4.69) is 0 Å². The predicted octanol–water partition coefficient (Wildman–Crippen LogP) is 2.89. The van der Waals surface area contributed by atoms with Gasteiger partial charge in [-0.15, -0.1) is 0 Å². The number of nitro groups is 2. The molecule has 2 aromatic rings. The molecular weight excluding hydrogens is 340 g/mol. The molecule has 0 spiro atoms. The van der Waals surface area contributed by atoms with Crippen molar-refractivity contribution < 1.29 is 22.4 Å². The van der Waals surface area contributed by atoms with E-state index in [4.69, 9.17) is 4.18 Å². The molecule has 0 radical (unpaired) electrons. The second-order valence-corrected chi connectivity index (χ2v) is 6.50. The van der Waals surface area contributed by atoms with Crippen molar-refractivity contribution in [1.29, 1.82) is 0 Å². The Balaban J connectivity index is 2.55. The topological polar surface area (TPSA) is 130 Å². The molecule has 10 heteroatoms. The monoisotopic (exact) mass is 352 g/mol. The number of aryl methyl sites for hydroxylation is 1. The van der Waals surface area contributed by atoms with E-state index in [1.165, 1.54) is 19.1 Å². The molecule has 24 heavy (non-hydrogen) atoms. The lowest BCUT2D eigenvalue weighted by Crippen LogP contribution is -2.11. The summed E-state index contributed by atoms with van der Waals surface area (Å²) in [4.78, 5) is 19.6. The van der Waals surface area contributed by atoms with Gasteiger partial charge in [-0.2, -0.15) is 8.42 Å². The Labute approximate surface area is 136 Å². The molecule has 2 aromatic carbocycles. The molecule has 126 valence electrons. The summed E-state index contributed by atoms with van der Waals surface area (Å²) in [6.45, 7) is 2.97. The first-order chi connectivity index (χ1) is 11.1. The highest BCUT2D eigenvalue weighted by molar-refractivity contribution is 7.87. The maximum atomic E-state index is 12.3. The number of hydrogen-bond donors (Lipinski definition) is 0. The molecule has 0 amide bonds. The molecule has 0 unspecified atom stereocenters. The van der Waals surface area contributed by atoms with Crippen LogP contribution in [0.3, 0.4) is 0 Å². The molecule has 0 heterocycles. The molecule has 0 aromatic heterocycles. The predicted molar refractivity (Wildman–Crippen MR) is 83.5 cm³/mol. The standard InChI is InChI=1S/C14H12N2O7S/c1-9-3-5-11(6-4-9)23-24(21,22)12-7-13(15(17)18)10(2)14(8-12)16(19)20/h3-8H,1-2H3. The Morgan fingerprint density at radius 1 is 0.917 bits per heavy atom. The van der Waals surface area contributed by atoms with Gasteiger partial charge >= 0.3 is 10.1 Å². The van der Waals surface area contributed by atoms with Gasteiger partial charge in [0.25, 0.3) is 11.4 Å². The van der Waals surface area contributed by atoms with Gasteiger partial charge in [0.1, 0.15) is 16.2 Å². The first-order valence-corrected chi connectivity index (χ1v) is 7.97. The molecule has 0 aliphatic carbocycles. The van der Waals surface area contributed by atoms with Crippen LogP contribution in [0.4, 0.5) is 11.4 Å². The van der Waals surface area contributed by atoms with Gasteiger partial charge < -0.3 is 4.18 Å². The molecule has 2 rings (SSSR count). The quantitative estimate of drug-likeness (QED) is 0.459. The average molecular weight is 352 g/mol. The fraction of sp³-hybridized carbons (Fsp3) is 0.143. The normalized spacial score (nSPS) is 11.1. The summed E-state index contributed by atoms with van der Waals surface area (Å²) in [5.41, 5.74) is -0.703. The average Bonchev–Trinajstić information content (AvgIpc) is 2.48. The van der Waals surface area contributed by atoms with Crippen molar-refractivity contribution in [3.05, 3.63) is 67.8 Å². The lowest BCUT2D eigenvalue weighted by Gasteiger charge is -2.08. The summed E-state index contributed by atoms with van der Waals surface area (Å²) in [5.74, 6) is -0.00789. The zero-order valence-electron chi connectivity index (χ0n) is 12.6. The van der Waals surface area contributed by atoms with Crippen LogP contribution in [0.25, 0.3) is 0 Å². The minimum atomic E-state index is -4.46. The summed E-state index contributed by atoms with van der Waals surface area (Å²) >= 11 is 0. The molecule has 0 saturated heterocycles. The molecule has 0 saturated carbocycles. The highest BCUT2D eigenvalue weighted by Crippen LogP contribution is 2.32. The minimum Gasteiger partial charge on any atom is -0.379 e. The third-order valence-electron chi connectivity index (χ3n) is 3.24. The van der Waals surface area contributed by atoms with Gasteiger partial charge in [-0.1, -0.05) is 17.7 Å². The Kier molecular flexibility index (Phi) is 4.51. The van der Waals surface area contributed by atoms with Crippen molar-refractivity contribution >= 4 is 21.5 Å². The molecule has 9 nitrogen and oxygen atoms in total. The van der Waals surface area contributed by atoms with Crippen molar-refractivity contribution in [2.45, 2.75) is 18.7 Å². The number of hydrogen-bond acceptors (Lipinski definition) is 7. The zero-order chi connectivity index (χ0) is 18.1. The minimum absolute atomic E-state index is 0.00789. The maximum Gasteiger partial charge on any atom is 0.339 e. The van der Waals surface area contributed by atoms with E-state index >= 15 is 0 Å². The van der Waals surface area contributed by atoms with Gasteiger partial charge in [0.15, 0.2) is 0 Å². The molecule has 0 N–H and O–H groups in total. The SMILES string of the molecule is Cc1ccc(OS(=O)(=O)c2cc([N+](=O)[O-])c(C)c([N+](=O)[O-])c2)cc1. The first kappa shape index (κ1) is 17.3. The van der Waals surface area contributed by atoms with Gasteiger partial charge in [-0.3, -0.25) is 20.2 Å². The number of benzene rings is 2. The molecule has 0 bridgehead atoms. The van der Waals surface area contributed by atoms with E-state index < -0.39 is 36.2 Å². The third-order valence-corrected chi connectivity index (χ3v) is 4.46. The van der Waals surface area contributed by atoms with E-state index in [9.17, 15) is 28.6 Å². The summed E-state index contributed by atoms with van der Waals surface area (Å²) < 4.78 is 29.4. The number of rotatable bonds is 5. The maximum absolute atomic E-state index is 12.3. The zero-order valence-corrected chi connectivity index (χ0v) is 13.4. The summed E-state index contributed by atoms with van der Waals surface area (Å²) in [5, 5.41) is 22.0. The van der Waals surface area contributed by atoms with Gasteiger partial charge in [0.2, 0.25) is 0 Å². The van der Waals surface area contributed by atoms with Crippen LogP contribution in [0.2, 0.25) is 0 Å². The van der Waals surface area contributed by atoms with Crippen molar-refractivity contribution in [3.63, 3.8) is 0 Å². The second-order valence-electron chi connectivity index (χ2n) is 4.95. The van der Waals surface area contributed by atoms with E-state index in [0.717, 1.165) is 17.7 Å². The van der Waals surface area contributed by atoms with Gasteiger partial charge in [0.05, 0.1) is 9.85 Å². The number of nitrogens with zero attached hydrogens (tertiary/aromatic N) is 2. The van der Waals surface area contributed by atoms with Crippen molar-refractivity contribution in [3.8, 4) is 5.75 Å².